The third kappa shape index (κ3) is 4.08. The number of amides is 1. The van der Waals surface area contributed by atoms with Gasteiger partial charge >= 0.3 is 0 Å². The maximum Gasteiger partial charge on any atom is 0.236 e. The van der Waals surface area contributed by atoms with Gasteiger partial charge in [0.05, 0.1) is 16.0 Å². The Kier molecular flexibility index (Phi) is 4.92. The van der Waals surface area contributed by atoms with Gasteiger partial charge in [-0.3, -0.25) is 9.89 Å². The fourth-order valence-corrected chi connectivity index (χ4v) is 3.66. The Morgan fingerprint density at radius 2 is 2.26 bits per heavy atom. The Bertz CT molecular complexity index is 826. The highest BCUT2D eigenvalue weighted by atomic mass is 32.2. The molecule has 0 aliphatic rings. The quantitative estimate of drug-likeness (QED) is 0.668. The topological polar surface area (TPSA) is 83.6 Å². The number of benzene rings is 1. The lowest BCUT2D eigenvalue weighted by atomic mass is 10.2. The lowest BCUT2D eigenvalue weighted by molar-refractivity contribution is -0.113. The molecule has 3 aromatic rings. The summed E-state index contributed by atoms with van der Waals surface area (Å²) in [6.07, 6.45) is 1.88. The monoisotopic (exact) mass is 347 g/mol. The first-order valence-corrected chi connectivity index (χ1v) is 9.15. The van der Waals surface area contributed by atoms with E-state index in [-0.39, 0.29) is 11.7 Å². The Labute approximate surface area is 142 Å². The van der Waals surface area contributed by atoms with Crippen LogP contribution in [-0.2, 0) is 11.2 Å². The summed E-state index contributed by atoms with van der Waals surface area (Å²) < 4.78 is 1.08. The zero-order valence-corrected chi connectivity index (χ0v) is 14.6. The summed E-state index contributed by atoms with van der Waals surface area (Å²) in [4.78, 5) is 20.8. The first kappa shape index (κ1) is 15.9. The molecule has 3 rings (SSSR count). The van der Waals surface area contributed by atoms with E-state index in [1.54, 1.807) is 0 Å². The number of hydrogen-bond acceptors (Lipinski definition) is 6. The summed E-state index contributed by atoms with van der Waals surface area (Å²) in [6.45, 7) is 4.13. The molecule has 1 aromatic carbocycles. The van der Waals surface area contributed by atoms with E-state index in [0.29, 0.717) is 10.3 Å². The van der Waals surface area contributed by atoms with Crippen LogP contribution < -0.4 is 5.32 Å². The fraction of sp³-hybridized carbons (Fsp3) is 0.333. The number of rotatable bonds is 6. The number of thioether (sulfide) groups is 1. The maximum atomic E-state index is 12.0. The number of aryl methyl sites for hydroxylation is 2. The van der Waals surface area contributed by atoms with Crippen molar-refractivity contribution in [1.29, 1.82) is 0 Å². The lowest BCUT2D eigenvalue weighted by Gasteiger charge is -1.98. The van der Waals surface area contributed by atoms with Crippen LogP contribution in [0.15, 0.2) is 23.4 Å². The summed E-state index contributed by atoms with van der Waals surface area (Å²) in [7, 11) is 0. The molecule has 0 fully saturated rings. The molecule has 0 atom stereocenters. The Hall–Kier alpha value is -1.93. The zero-order valence-electron chi connectivity index (χ0n) is 12.9. The van der Waals surface area contributed by atoms with Gasteiger partial charge in [0, 0.05) is 6.42 Å². The van der Waals surface area contributed by atoms with E-state index in [1.807, 2.05) is 19.1 Å². The third-order valence-electron chi connectivity index (χ3n) is 3.12. The van der Waals surface area contributed by atoms with Crippen LogP contribution in [0.25, 0.3) is 10.2 Å². The molecular formula is C15H17N5OS2. The minimum Gasteiger partial charge on any atom is -0.301 e. The van der Waals surface area contributed by atoms with Gasteiger partial charge in [0.15, 0.2) is 5.13 Å². The van der Waals surface area contributed by atoms with Gasteiger partial charge in [0.2, 0.25) is 11.1 Å². The Balaban J connectivity index is 1.57. The van der Waals surface area contributed by atoms with Gasteiger partial charge in [0.1, 0.15) is 5.82 Å². The third-order valence-corrected chi connectivity index (χ3v) is 4.90. The second-order valence-electron chi connectivity index (χ2n) is 5.14. The number of H-pyrrole nitrogens is 1. The van der Waals surface area contributed by atoms with Crippen LogP contribution in [0, 0.1) is 6.92 Å². The molecule has 2 N–H and O–H groups in total. The molecule has 0 saturated heterocycles. The standard InChI is InChI=1S/C15H17N5OS2/c1-3-4-12-17-15(20-19-12)22-8-13(21)18-14-16-10-6-5-9(2)7-11(10)23-14/h5-7H,3-4,8H2,1-2H3,(H,16,18,21)(H,17,19,20). The molecule has 8 heteroatoms. The molecule has 0 bridgehead atoms. The number of hydrogen-bond donors (Lipinski definition) is 2. The number of aromatic amines is 1. The van der Waals surface area contributed by atoms with Crippen LogP contribution in [0.3, 0.4) is 0 Å². The summed E-state index contributed by atoms with van der Waals surface area (Å²) >= 11 is 2.80. The molecular weight excluding hydrogens is 330 g/mol. The smallest absolute Gasteiger partial charge is 0.236 e. The van der Waals surface area contributed by atoms with E-state index >= 15 is 0 Å². The minimum atomic E-state index is -0.104. The van der Waals surface area contributed by atoms with Crippen LogP contribution in [0.4, 0.5) is 5.13 Å². The molecule has 120 valence electrons. The first-order chi connectivity index (χ1) is 11.1. The van der Waals surface area contributed by atoms with Crippen LogP contribution in [0.1, 0.15) is 24.7 Å². The highest BCUT2D eigenvalue weighted by Gasteiger charge is 2.10. The molecule has 2 aromatic heterocycles. The van der Waals surface area contributed by atoms with Crippen molar-refractivity contribution in [3.05, 3.63) is 29.6 Å². The number of aromatic nitrogens is 4. The number of nitrogens with zero attached hydrogens (tertiary/aromatic N) is 3. The normalized spacial score (nSPS) is 11.0. The van der Waals surface area contributed by atoms with Gasteiger partial charge in [-0.2, -0.15) is 0 Å². The number of nitrogens with one attached hydrogen (secondary N) is 2. The van der Waals surface area contributed by atoms with Crippen LogP contribution in [0.5, 0.6) is 0 Å². The van der Waals surface area contributed by atoms with Gasteiger partial charge in [-0.1, -0.05) is 36.1 Å². The number of fused-ring (bicyclic) bond motifs is 1. The summed E-state index contributed by atoms with van der Waals surface area (Å²) in [5.41, 5.74) is 2.09. The molecule has 0 saturated carbocycles. The number of carbonyl (C=O) groups is 1. The predicted molar refractivity (Wildman–Crippen MR) is 94.1 cm³/mol. The van der Waals surface area contributed by atoms with Crippen molar-refractivity contribution in [3.8, 4) is 0 Å². The predicted octanol–water partition coefficient (Wildman–Crippen LogP) is 3.41. The molecule has 2 heterocycles. The number of thiazole rings is 1. The summed E-state index contributed by atoms with van der Waals surface area (Å²) in [6, 6.07) is 6.05. The van der Waals surface area contributed by atoms with Gasteiger partial charge in [0.25, 0.3) is 0 Å². The molecule has 23 heavy (non-hydrogen) atoms. The van der Waals surface area contributed by atoms with E-state index in [4.69, 9.17) is 0 Å². The molecule has 1 amide bonds. The van der Waals surface area contributed by atoms with Crippen molar-refractivity contribution in [2.24, 2.45) is 0 Å². The molecule has 0 aliphatic carbocycles. The average molecular weight is 347 g/mol. The van der Waals surface area contributed by atoms with Crippen molar-refractivity contribution in [1.82, 2.24) is 20.2 Å². The highest BCUT2D eigenvalue weighted by molar-refractivity contribution is 7.99. The summed E-state index contributed by atoms with van der Waals surface area (Å²) in [5.74, 6) is 1.02. The van der Waals surface area contributed by atoms with E-state index in [1.165, 1.54) is 28.7 Å². The maximum absolute atomic E-state index is 12.0. The van der Waals surface area contributed by atoms with Crippen molar-refractivity contribution in [3.63, 3.8) is 0 Å². The number of carbonyl (C=O) groups excluding carboxylic acids is 1. The SMILES string of the molecule is CCCc1nc(SCC(=O)Nc2nc3ccc(C)cc3s2)n[nH]1. The first-order valence-electron chi connectivity index (χ1n) is 7.35. The number of anilines is 1. The van der Waals surface area contributed by atoms with E-state index in [0.717, 1.165) is 28.9 Å². The highest BCUT2D eigenvalue weighted by Crippen LogP contribution is 2.26. The minimum absolute atomic E-state index is 0.104. The van der Waals surface area contributed by atoms with Gasteiger partial charge in [-0.05, 0) is 31.0 Å². The van der Waals surface area contributed by atoms with Crippen molar-refractivity contribution < 1.29 is 4.79 Å². The average Bonchev–Trinajstić information content (AvgIpc) is 3.11. The molecule has 0 spiro atoms. The largest absolute Gasteiger partial charge is 0.301 e. The molecule has 0 radical (unpaired) electrons. The Morgan fingerprint density at radius 3 is 3.09 bits per heavy atom. The lowest BCUT2D eigenvalue weighted by Crippen LogP contribution is -2.13. The molecule has 0 aliphatic heterocycles. The van der Waals surface area contributed by atoms with Crippen molar-refractivity contribution in [2.75, 3.05) is 11.1 Å². The Morgan fingerprint density at radius 1 is 1.39 bits per heavy atom. The van der Waals surface area contributed by atoms with E-state index in [9.17, 15) is 4.79 Å². The van der Waals surface area contributed by atoms with Crippen LogP contribution in [-0.4, -0.2) is 31.8 Å². The van der Waals surface area contributed by atoms with Crippen LogP contribution >= 0.6 is 23.1 Å². The van der Waals surface area contributed by atoms with E-state index in [2.05, 4.69) is 38.5 Å². The molecule has 6 nitrogen and oxygen atoms in total. The second-order valence-corrected chi connectivity index (χ2v) is 7.11. The van der Waals surface area contributed by atoms with Gasteiger partial charge < -0.3 is 5.32 Å². The van der Waals surface area contributed by atoms with Gasteiger partial charge in [-0.25, -0.2) is 9.97 Å². The van der Waals surface area contributed by atoms with Crippen LogP contribution in [0.2, 0.25) is 0 Å². The van der Waals surface area contributed by atoms with E-state index < -0.39 is 0 Å². The van der Waals surface area contributed by atoms with Crippen molar-refractivity contribution >= 4 is 44.4 Å². The molecule has 0 unspecified atom stereocenters. The fourth-order valence-electron chi connectivity index (χ4n) is 2.06. The summed E-state index contributed by atoms with van der Waals surface area (Å²) in [5, 5.41) is 11.0. The zero-order chi connectivity index (χ0) is 16.2. The second kappa shape index (κ2) is 7.10. The van der Waals surface area contributed by atoms with Crippen molar-refractivity contribution in [2.45, 2.75) is 31.8 Å². The van der Waals surface area contributed by atoms with Gasteiger partial charge in [-0.15, -0.1) is 5.10 Å².